The number of ether oxygens (including phenoxy) is 1. The molecule has 136 valence electrons. The van der Waals surface area contributed by atoms with Gasteiger partial charge in [-0.3, -0.25) is 4.79 Å². The van der Waals surface area contributed by atoms with Crippen molar-refractivity contribution in [1.82, 2.24) is 15.0 Å². The van der Waals surface area contributed by atoms with Crippen LogP contribution in [0.15, 0.2) is 5.38 Å². The van der Waals surface area contributed by atoms with Crippen molar-refractivity contribution in [2.45, 2.75) is 31.8 Å². The monoisotopic (exact) mass is 376 g/mol. The van der Waals surface area contributed by atoms with Crippen LogP contribution in [0, 0.1) is 0 Å². The zero-order chi connectivity index (χ0) is 17.4. The average molecular weight is 377 g/mol. The van der Waals surface area contributed by atoms with Crippen molar-refractivity contribution in [1.29, 1.82) is 0 Å². The molecule has 1 fully saturated rings. The zero-order valence-electron chi connectivity index (χ0n) is 13.5. The van der Waals surface area contributed by atoms with Crippen molar-refractivity contribution in [2.24, 2.45) is 5.73 Å². The van der Waals surface area contributed by atoms with E-state index in [0.717, 1.165) is 24.3 Å². The number of hydrogen-bond acceptors (Lipinski definition) is 7. The normalized spacial score (nSPS) is 18.5. The molecule has 0 radical (unpaired) electrons. The Balaban J connectivity index is 1.70. The Bertz CT molecular complexity index is 626. The number of hydrogen-bond donors (Lipinski definition) is 3. The number of carbonyl (C=O) groups excluding carboxylic acids is 1. The fraction of sp³-hybridized carbons (Fsp3) is 0.714. The summed E-state index contributed by atoms with van der Waals surface area (Å²) in [5, 5.41) is 5.01. The van der Waals surface area contributed by atoms with Gasteiger partial charge in [-0.1, -0.05) is 0 Å². The van der Waals surface area contributed by atoms with Gasteiger partial charge in [-0.15, -0.1) is 11.3 Å². The number of aromatic nitrogens is 1. The summed E-state index contributed by atoms with van der Waals surface area (Å²) < 4.78 is 31.9. The third-order valence-electron chi connectivity index (χ3n) is 3.60. The highest BCUT2D eigenvalue weighted by Crippen LogP contribution is 2.12. The van der Waals surface area contributed by atoms with Crippen LogP contribution in [0.1, 0.15) is 34.8 Å². The van der Waals surface area contributed by atoms with Crippen LogP contribution in [-0.2, 0) is 21.2 Å². The van der Waals surface area contributed by atoms with E-state index < -0.39 is 10.0 Å². The number of thiazole rings is 1. The van der Waals surface area contributed by atoms with Gasteiger partial charge >= 0.3 is 0 Å². The second-order valence-electron chi connectivity index (χ2n) is 5.58. The summed E-state index contributed by atoms with van der Waals surface area (Å²) in [5.74, 6) is -0.550. The molecule has 10 heteroatoms. The van der Waals surface area contributed by atoms with Crippen molar-refractivity contribution < 1.29 is 17.9 Å². The number of sulfonamides is 1. The second kappa shape index (κ2) is 9.42. The molecule has 0 bridgehead atoms. The molecule has 2 heterocycles. The lowest BCUT2D eigenvalue weighted by Crippen LogP contribution is -2.39. The second-order valence-corrected chi connectivity index (χ2v) is 8.45. The highest BCUT2D eigenvalue weighted by Gasteiger charge is 2.18. The fourth-order valence-electron chi connectivity index (χ4n) is 2.30. The number of nitrogens with two attached hydrogens (primary N) is 1. The molecule has 2 rings (SSSR count). The Labute approximate surface area is 146 Å². The molecule has 1 aromatic heterocycles. The van der Waals surface area contributed by atoms with Gasteiger partial charge in [0.15, 0.2) is 0 Å². The van der Waals surface area contributed by atoms with Gasteiger partial charge in [0, 0.05) is 31.5 Å². The van der Waals surface area contributed by atoms with Crippen LogP contribution in [0.25, 0.3) is 0 Å². The minimum atomic E-state index is -3.44. The summed E-state index contributed by atoms with van der Waals surface area (Å²) in [6, 6.07) is 0. The standard InChI is InChI=1S/C14H24N4O4S2/c15-5-4-13-18-12(10-23-13)14(19)16-6-8-24(20,21)17-9-11-3-1-2-7-22-11/h10-11,17H,1-9,15H2,(H,16,19). The van der Waals surface area contributed by atoms with Crippen LogP contribution < -0.4 is 15.8 Å². The lowest BCUT2D eigenvalue weighted by atomic mass is 10.1. The molecule has 1 aromatic rings. The number of carbonyl (C=O) groups is 1. The average Bonchev–Trinajstić information content (AvgIpc) is 3.03. The highest BCUT2D eigenvalue weighted by atomic mass is 32.2. The first-order valence-corrected chi connectivity index (χ1v) is 10.5. The molecule has 1 amide bonds. The summed E-state index contributed by atoms with van der Waals surface area (Å²) in [7, 11) is -3.44. The minimum absolute atomic E-state index is 0.0312. The maximum Gasteiger partial charge on any atom is 0.270 e. The van der Waals surface area contributed by atoms with Crippen molar-refractivity contribution in [2.75, 3.05) is 32.0 Å². The quantitative estimate of drug-likeness (QED) is 0.551. The van der Waals surface area contributed by atoms with Gasteiger partial charge in [0.25, 0.3) is 5.91 Å². The maximum atomic E-state index is 11.9. The van der Waals surface area contributed by atoms with Gasteiger partial charge in [-0.25, -0.2) is 18.1 Å². The first-order valence-electron chi connectivity index (χ1n) is 8.02. The van der Waals surface area contributed by atoms with Gasteiger partial charge in [0.2, 0.25) is 10.0 Å². The van der Waals surface area contributed by atoms with Crippen LogP contribution in [-0.4, -0.2) is 57.4 Å². The highest BCUT2D eigenvalue weighted by molar-refractivity contribution is 7.89. The molecular weight excluding hydrogens is 352 g/mol. The van der Waals surface area contributed by atoms with E-state index in [9.17, 15) is 13.2 Å². The Morgan fingerprint density at radius 2 is 2.29 bits per heavy atom. The number of amides is 1. The molecule has 4 N–H and O–H groups in total. The number of nitrogens with one attached hydrogen (secondary N) is 2. The van der Waals surface area contributed by atoms with Crippen LogP contribution in [0.4, 0.5) is 0 Å². The minimum Gasteiger partial charge on any atom is -0.377 e. The van der Waals surface area contributed by atoms with E-state index in [1.807, 2.05) is 0 Å². The van der Waals surface area contributed by atoms with E-state index in [2.05, 4.69) is 15.0 Å². The molecule has 1 aliphatic heterocycles. The van der Waals surface area contributed by atoms with E-state index in [-0.39, 0.29) is 30.9 Å². The van der Waals surface area contributed by atoms with Crippen molar-refractivity contribution in [3.8, 4) is 0 Å². The predicted octanol–water partition coefficient (Wildman–Crippen LogP) is -0.137. The maximum absolute atomic E-state index is 11.9. The Kier molecular flexibility index (Phi) is 7.56. The van der Waals surface area contributed by atoms with E-state index in [1.165, 1.54) is 11.3 Å². The fourth-order valence-corrected chi connectivity index (χ4v) is 4.05. The van der Waals surface area contributed by atoms with Crippen LogP contribution in [0.2, 0.25) is 0 Å². The summed E-state index contributed by atoms with van der Waals surface area (Å²) in [6.07, 6.45) is 3.52. The summed E-state index contributed by atoms with van der Waals surface area (Å²) in [4.78, 5) is 16.1. The van der Waals surface area contributed by atoms with Crippen molar-refractivity contribution >= 4 is 27.3 Å². The first kappa shape index (κ1) is 19.3. The van der Waals surface area contributed by atoms with Crippen molar-refractivity contribution in [3.05, 3.63) is 16.1 Å². The van der Waals surface area contributed by atoms with Gasteiger partial charge in [-0.2, -0.15) is 0 Å². The van der Waals surface area contributed by atoms with E-state index in [1.54, 1.807) is 5.38 Å². The lowest BCUT2D eigenvalue weighted by molar-refractivity contribution is 0.0200. The summed E-state index contributed by atoms with van der Waals surface area (Å²) in [5.41, 5.74) is 5.74. The first-order chi connectivity index (χ1) is 11.5. The van der Waals surface area contributed by atoms with Gasteiger partial charge in [0.1, 0.15) is 5.69 Å². The SMILES string of the molecule is NCCc1nc(C(=O)NCCS(=O)(=O)NCC2CCCCO2)cs1. The lowest BCUT2D eigenvalue weighted by Gasteiger charge is -2.22. The molecule has 0 saturated carbocycles. The summed E-state index contributed by atoms with van der Waals surface area (Å²) in [6.45, 7) is 1.47. The molecule has 8 nitrogen and oxygen atoms in total. The molecule has 1 atom stereocenters. The molecule has 1 saturated heterocycles. The largest absolute Gasteiger partial charge is 0.377 e. The van der Waals surface area contributed by atoms with Gasteiger partial charge in [0.05, 0.1) is 16.9 Å². The molecule has 1 unspecified atom stereocenters. The molecule has 24 heavy (non-hydrogen) atoms. The third-order valence-corrected chi connectivity index (χ3v) is 5.86. The third kappa shape index (κ3) is 6.44. The Morgan fingerprint density at radius 3 is 3.00 bits per heavy atom. The van der Waals surface area contributed by atoms with E-state index in [0.29, 0.717) is 25.3 Å². The van der Waals surface area contributed by atoms with Crippen molar-refractivity contribution in [3.63, 3.8) is 0 Å². The van der Waals surface area contributed by atoms with Gasteiger partial charge in [-0.05, 0) is 25.8 Å². The van der Waals surface area contributed by atoms with Crippen LogP contribution >= 0.6 is 11.3 Å². The van der Waals surface area contributed by atoms with E-state index >= 15 is 0 Å². The molecule has 0 aliphatic carbocycles. The summed E-state index contributed by atoms with van der Waals surface area (Å²) >= 11 is 1.37. The van der Waals surface area contributed by atoms with Crippen LogP contribution in [0.5, 0.6) is 0 Å². The Hall–Kier alpha value is -1.07. The van der Waals surface area contributed by atoms with E-state index in [4.69, 9.17) is 10.5 Å². The molecule has 1 aliphatic rings. The Morgan fingerprint density at radius 1 is 1.46 bits per heavy atom. The molecule has 0 aromatic carbocycles. The number of nitrogens with zero attached hydrogens (tertiary/aromatic N) is 1. The molecule has 0 spiro atoms. The zero-order valence-corrected chi connectivity index (χ0v) is 15.1. The van der Waals surface area contributed by atoms with Gasteiger partial charge < -0.3 is 15.8 Å². The predicted molar refractivity (Wildman–Crippen MR) is 92.6 cm³/mol. The number of rotatable bonds is 9. The topological polar surface area (TPSA) is 123 Å². The smallest absolute Gasteiger partial charge is 0.270 e. The van der Waals surface area contributed by atoms with Crippen LogP contribution in [0.3, 0.4) is 0 Å². The molecular formula is C14H24N4O4S2.